The van der Waals surface area contributed by atoms with Crippen LogP contribution in [-0.2, 0) is 16.1 Å². The predicted octanol–water partition coefficient (Wildman–Crippen LogP) is 0.765. The molecule has 1 atom stereocenters. The molecule has 5 nitrogen and oxygen atoms in total. The van der Waals surface area contributed by atoms with E-state index in [1.165, 1.54) is 6.33 Å². The summed E-state index contributed by atoms with van der Waals surface area (Å²) in [5.41, 5.74) is 0.908. The Morgan fingerprint density at radius 2 is 2.44 bits per heavy atom. The minimum atomic E-state index is -0.169. The molecule has 88 valence electrons. The first kappa shape index (κ1) is 12.6. The second kappa shape index (κ2) is 6.90. The van der Waals surface area contributed by atoms with E-state index in [1.54, 1.807) is 13.1 Å². The monoisotopic (exact) mass is 223 g/mol. The van der Waals surface area contributed by atoms with Gasteiger partial charge in [-0.25, -0.2) is 9.97 Å². The zero-order chi connectivity index (χ0) is 11.8. The van der Waals surface area contributed by atoms with E-state index in [4.69, 9.17) is 4.74 Å². The lowest BCUT2D eigenvalue weighted by molar-refractivity contribution is -0.147. The fraction of sp³-hybridized carbons (Fsp3) is 0.545. The highest BCUT2D eigenvalue weighted by atomic mass is 16.5. The average Bonchev–Trinajstić information content (AvgIpc) is 2.30. The highest BCUT2D eigenvalue weighted by Gasteiger charge is 2.12. The summed E-state index contributed by atoms with van der Waals surface area (Å²) in [6.07, 6.45) is 3.20. The second-order valence-electron chi connectivity index (χ2n) is 3.48. The van der Waals surface area contributed by atoms with Crippen molar-refractivity contribution in [3.8, 4) is 0 Å². The van der Waals surface area contributed by atoms with Crippen LogP contribution in [0.1, 0.15) is 19.5 Å². The van der Waals surface area contributed by atoms with Gasteiger partial charge in [0.25, 0.3) is 0 Å². The summed E-state index contributed by atoms with van der Waals surface area (Å²) < 4.78 is 4.90. The number of hydrogen-bond donors (Lipinski definition) is 1. The van der Waals surface area contributed by atoms with E-state index in [0.717, 1.165) is 5.69 Å². The molecular formula is C11H17N3O2. The molecule has 0 bridgehead atoms. The smallest absolute Gasteiger partial charge is 0.309 e. The molecule has 0 aliphatic carbocycles. The lowest BCUT2D eigenvalue weighted by atomic mass is 10.2. The number of esters is 1. The molecule has 0 amide bonds. The Kier molecular flexibility index (Phi) is 5.42. The Balaban J connectivity index is 2.23. The number of hydrogen-bond acceptors (Lipinski definition) is 5. The van der Waals surface area contributed by atoms with E-state index in [2.05, 4.69) is 15.3 Å². The third kappa shape index (κ3) is 4.35. The molecule has 1 unspecified atom stereocenters. The van der Waals surface area contributed by atoms with Crippen molar-refractivity contribution in [2.45, 2.75) is 20.4 Å². The molecule has 0 saturated carbocycles. The molecule has 0 radical (unpaired) electrons. The first-order chi connectivity index (χ1) is 7.74. The zero-order valence-corrected chi connectivity index (χ0v) is 9.64. The zero-order valence-electron chi connectivity index (χ0n) is 9.64. The lowest BCUT2D eigenvalue weighted by Crippen LogP contribution is -2.27. The maximum atomic E-state index is 11.3. The SMILES string of the molecule is CCOC(=O)C(C)CNCc1ccncn1. The number of nitrogens with zero attached hydrogens (tertiary/aromatic N) is 2. The molecule has 1 rings (SSSR count). The summed E-state index contributed by atoms with van der Waals surface area (Å²) in [5.74, 6) is -0.306. The van der Waals surface area contributed by atoms with Gasteiger partial charge in [-0.2, -0.15) is 0 Å². The third-order valence-corrected chi connectivity index (χ3v) is 2.09. The molecule has 5 heteroatoms. The fourth-order valence-corrected chi connectivity index (χ4v) is 1.21. The van der Waals surface area contributed by atoms with Crippen molar-refractivity contribution in [2.75, 3.05) is 13.2 Å². The largest absolute Gasteiger partial charge is 0.466 e. The Hall–Kier alpha value is -1.49. The summed E-state index contributed by atoms with van der Waals surface area (Å²) in [5, 5.41) is 3.15. The maximum Gasteiger partial charge on any atom is 0.309 e. The van der Waals surface area contributed by atoms with Crippen molar-refractivity contribution in [3.63, 3.8) is 0 Å². The van der Waals surface area contributed by atoms with Crippen LogP contribution in [0.4, 0.5) is 0 Å². The van der Waals surface area contributed by atoms with Crippen molar-refractivity contribution in [2.24, 2.45) is 5.92 Å². The van der Waals surface area contributed by atoms with Crippen LogP contribution >= 0.6 is 0 Å². The molecule has 16 heavy (non-hydrogen) atoms. The molecule has 1 aromatic rings. The van der Waals surface area contributed by atoms with Crippen LogP contribution < -0.4 is 5.32 Å². The van der Waals surface area contributed by atoms with E-state index in [-0.39, 0.29) is 11.9 Å². The molecule has 0 saturated heterocycles. The summed E-state index contributed by atoms with van der Waals surface area (Å²) in [4.78, 5) is 19.2. The fourth-order valence-electron chi connectivity index (χ4n) is 1.21. The number of ether oxygens (including phenoxy) is 1. The van der Waals surface area contributed by atoms with E-state index in [1.807, 2.05) is 13.0 Å². The van der Waals surface area contributed by atoms with Crippen LogP contribution in [0.3, 0.4) is 0 Å². The minimum Gasteiger partial charge on any atom is -0.466 e. The van der Waals surface area contributed by atoms with Crippen molar-refractivity contribution in [1.82, 2.24) is 15.3 Å². The Morgan fingerprint density at radius 1 is 1.62 bits per heavy atom. The Bertz CT molecular complexity index is 316. The van der Waals surface area contributed by atoms with Crippen LogP contribution in [0.2, 0.25) is 0 Å². The first-order valence-electron chi connectivity index (χ1n) is 5.36. The van der Waals surface area contributed by atoms with Gasteiger partial charge in [0.1, 0.15) is 6.33 Å². The lowest BCUT2D eigenvalue weighted by Gasteiger charge is -2.10. The van der Waals surface area contributed by atoms with Gasteiger partial charge in [-0.05, 0) is 13.0 Å². The molecule has 1 heterocycles. The van der Waals surface area contributed by atoms with Gasteiger partial charge in [-0.3, -0.25) is 4.79 Å². The van der Waals surface area contributed by atoms with Crippen LogP contribution in [0, 0.1) is 5.92 Å². The van der Waals surface area contributed by atoms with E-state index in [9.17, 15) is 4.79 Å². The number of carbonyl (C=O) groups is 1. The number of rotatable bonds is 6. The van der Waals surface area contributed by atoms with Crippen molar-refractivity contribution in [3.05, 3.63) is 24.3 Å². The van der Waals surface area contributed by atoms with Crippen LogP contribution in [-0.4, -0.2) is 29.1 Å². The van der Waals surface area contributed by atoms with Crippen LogP contribution in [0.5, 0.6) is 0 Å². The molecule has 0 aliphatic rings. The second-order valence-corrected chi connectivity index (χ2v) is 3.48. The molecule has 0 fully saturated rings. The molecule has 0 aliphatic heterocycles. The molecule has 1 aromatic heterocycles. The predicted molar refractivity (Wildman–Crippen MR) is 59.5 cm³/mol. The minimum absolute atomic E-state index is 0.137. The van der Waals surface area contributed by atoms with Gasteiger partial charge in [-0.1, -0.05) is 6.92 Å². The van der Waals surface area contributed by atoms with Crippen molar-refractivity contribution in [1.29, 1.82) is 0 Å². The normalized spacial score (nSPS) is 12.1. The Morgan fingerprint density at radius 3 is 3.06 bits per heavy atom. The standard InChI is InChI=1S/C11H17N3O2/c1-3-16-11(15)9(2)6-13-7-10-4-5-12-8-14-10/h4-5,8-9,13H,3,6-7H2,1-2H3. The third-order valence-electron chi connectivity index (χ3n) is 2.09. The molecule has 0 spiro atoms. The Labute approximate surface area is 95.3 Å². The van der Waals surface area contributed by atoms with Crippen LogP contribution in [0.15, 0.2) is 18.6 Å². The summed E-state index contributed by atoms with van der Waals surface area (Å²) in [6, 6.07) is 1.84. The molecular weight excluding hydrogens is 206 g/mol. The average molecular weight is 223 g/mol. The topological polar surface area (TPSA) is 64.1 Å². The highest BCUT2D eigenvalue weighted by molar-refractivity contribution is 5.72. The van der Waals surface area contributed by atoms with Gasteiger partial charge in [-0.15, -0.1) is 0 Å². The van der Waals surface area contributed by atoms with Gasteiger partial charge >= 0.3 is 5.97 Å². The summed E-state index contributed by atoms with van der Waals surface area (Å²) >= 11 is 0. The van der Waals surface area contributed by atoms with Gasteiger partial charge < -0.3 is 10.1 Å². The summed E-state index contributed by atoms with van der Waals surface area (Å²) in [6.45, 7) is 5.29. The van der Waals surface area contributed by atoms with E-state index >= 15 is 0 Å². The van der Waals surface area contributed by atoms with Crippen LogP contribution in [0.25, 0.3) is 0 Å². The number of nitrogens with one attached hydrogen (secondary N) is 1. The van der Waals surface area contributed by atoms with Gasteiger partial charge in [0.15, 0.2) is 0 Å². The maximum absolute atomic E-state index is 11.3. The van der Waals surface area contributed by atoms with Crippen molar-refractivity contribution < 1.29 is 9.53 Å². The molecule has 0 aromatic carbocycles. The van der Waals surface area contributed by atoms with E-state index < -0.39 is 0 Å². The van der Waals surface area contributed by atoms with Crippen molar-refractivity contribution >= 4 is 5.97 Å². The number of aromatic nitrogens is 2. The van der Waals surface area contributed by atoms with Gasteiger partial charge in [0.05, 0.1) is 18.2 Å². The van der Waals surface area contributed by atoms with Gasteiger partial charge in [0, 0.05) is 19.3 Å². The molecule has 1 N–H and O–H groups in total. The van der Waals surface area contributed by atoms with Gasteiger partial charge in [0.2, 0.25) is 0 Å². The van der Waals surface area contributed by atoms with E-state index in [0.29, 0.717) is 19.7 Å². The first-order valence-corrected chi connectivity index (χ1v) is 5.36. The quantitative estimate of drug-likeness (QED) is 0.721. The highest BCUT2D eigenvalue weighted by Crippen LogP contribution is 1.97. The summed E-state index contributed by atoms with van der Waals surface area (Å²) in [7, 11) is 0. The number of carbonyl (C=O) groups excluding carboxylic acids is 1.